The number of halogens is 1. The smallest absolute Gasteiger partial charge is 0.220 e. The number of amides is 1. The third-order valence-corrected chi connectivity index (χ3v) is 8.97. The van der Waals surface area contributed by atoms with Gasteiger partial charge in [0.05, 0.1) is 23.3 Å². The fraction of sp³-hybridized carbons (Fsp3) is 0.265. The van der Waals surface area contributed by atoms with Gasteiger partial charge in [0.25, 0.3) is 0 Å². The summed E-state index contributed by atoms with van der Waals surface area (Å²) in [4.78, 5) is 32.6. The molecule has 0 bridgehead atoms. The highest BCUT2D eigenvalue weighted by atomic mass is 35.5. The van der Waals surface area contributed by atoms with Gasteiger partial charge in [-0.1, -0.05) is 48.0 Å². The number of methoxy groups -OCH3 is 1. The Hall–Kier alpha value is -4.60. The minimum absolute atomic E-state index is 0.0784. The van der Waals surface area contributed by atoms with Crippen LogP contribution in [0.15, 0.2) is 66.9 Å². The van der Waals surface area contributed by atoms with Crippen LogP contribution >= 0.6 is 11.6 Å². The molecular weight excluding hydrogens is 574 g/mol. The molecule has 44 heavy (non-hydrogen) atoms. The zero-order valence-electron chi connectivity index (χ0n) is 24.8. The summed E-state index contributed by atoms with van der Waals surface area (Å²) in [6.45, 7) is 7.20. The summed E-state index contributed by atoms with van der Waals surface area (Å²) >= 11 is 7.12. The predicted octanol–water partition coefficient (Wildman–Crippen LogP) is 6.10. The van der Waals surface area contributed by atoms with E-state index in [0.29, 0.717) is 34.5 Å². The molecule has 222 valence electrons. The fourth-order valence-corrected chi connectivity index (χ4v) is 6.77. The molecule has 10 heteroatoms. The summed E-state index contributed by atoms with van der Waals surface area (Å²) in [5.74, 6) is 2.06. The van der Waals surface area contributed by atoms with Crippen LogP contribution in [0.1, 0.15) is 23.4 Å². The number of nitrogens with one attached hydrogen (secondary N) is 2. The van der Waals surface area contributed by atoms with Crippen LogP contribution in [-0.4, -0.2) is 57.5 Å². The number of carbonyl (C=O) groups is 1. The number of nitrogens with zero attached hydrogens (tertiary/aromatic N) is 5. The lowest BCUT2D eigenvalue weighted by Gasteiger charge is -2.47. The summed E-state index contributed by atoms with van der Waals surface area (Å²) in [6, 6.07) is 20.0. The zero-order valence-corrected chi connectivity index (χ0v) is 25.6. The monoisotopic (exact) mass is 605 g/mol. The van der Waals surface area contributed by atoms with Gasteiger partial charge < -0.3 is 15.4 Å². The molecule has 7 rings (SSSR count). The number of carbonyl (C=O) groups excluding carboxylic acids is 1. The van der Waals surface area contributed by atoms with E-state index in [0.717, 1.165) is 70.9 Å². The van der Waals surface area contributed by atoms with Crippen molar-refractivity contribution in [3.8, 4) is 28.3 Å². The number of ether oxygens (including phenoxy) is 1. The Morgan fingerprint density at radius 1 is 0.977 bits per heavy atom. The normalized spacial score (nSPS) is 15.8. The lowest BCUT2D eigenvalue weighted by molar-refractivity contribution is -0.120. The second kappa shape index (κ2) is 11.2. The van der Waals surface area contributed by atoms with Gasteiger partial charge in [0.15, 0.2) is 5.82 Å². The quantitative estimate of drug-likeness (QED) is 0.229. The maximum absolute atomic E-state index is 11.7. The number of benzene rings is 2. The summed E-state index contributed by atoms with van der Waals surface area (Å²) in [7, 11) is 1.64. The summed E-state index contributed by atoms with van der Waals surface area (Å²) in [5, 5.41) is 7.07. The lowest BCUT2D eigenvalue weighted by Crippen LogP contribution is -2.56. The van der Waals surface area contributed by atoms with E-state index in [1.165, 1.54) is 0 Å². The first-order chi connectivity index (χ1) is 21.3. The van der Waals surface area contributed by atoms with E-state index in [9.17, 15) is 4.79 Å². The van der Waals surface area contributed by atoms with Crippen molar-refractivity contribution < 1.29 is 9.53 Å². The summed E-state index contributed by atoms with van der Waals surface area (Å²) in [5.41, 5.74) is 7.99. The molecule has 0 radical (unpaired) electrons. The average molecular weight is 606 g/mol. The van der Waals surface area contributed by atoms with E-state index >= 15 is 0 Å². The van der Waals surface area contributed by atoms with Crippen LogP contribution in [-0.2, 0) is 11.3 Å². The molecule has 5 heterocycles. The largest absolute Gasteiger partial charge is 0.481 e. The minimum atomic E-state index is 0.0784. The van der Waals surface area contributed by atoms with E-state index in [-0.39, 0.29) is 11.3 Å². The number of rotatable bonds is 7. The molecule has 5 aromatic rings. The van der Waals surface area contributed by atoms with Gasteiger partial charge in [-0.15, -0.1) is 0 Å². The average Bonchev–Trinajstić information content (AvgIpc) is 3.40. The number of aryl methyl sites for hydroxylation is 1. The first kappa shape index (κ1) is 28.2. The Balaban J connectivity index is 1.16. The van der Waals surface area contributed by atoms with Crippen LogP contribution in [0.2, 0.25) is 5.02 Å². The van der Waals surface area contributed by atoms with Gasteiger partial charge in [-0.3, -0.25) is 14.7 Å². The molecule has 0 aliphatic carbocycles. The molecular formula is C34H32ClN7O2. The molecule has 9 nitrogen and oxygen atoms in total. The molecule has 2 aromatic carbocycles. The second-order valence-corrected chi connectivity index (χ2v) is 12.1. The summed E-state index contributed by atoms with van der Waals surface area (Å²) in [6.07, 6.45) is 2.35. The fourth-order valence-electron chi connectivity index (χ4n) is 6.45. The van der Waals surface area contributed by atoms with Crippen molar-refractivity contribution in [3.05, 3.63) is 88.8 Å². The third kappa shape index (κ3) is 5.12. The van der Waals surface area contributed by atoms with Gasteiger partial charge in [-0.2, -0.15) is 0 Å². The van der Waals surface area contributed by atoms with Crippen molar-refractivity contribution in [2.24, 2.45) is 5.41 Å². The van der Waals surface area contributed by atoms with Crippen LogP contribution in [0.5, 0.6) is 5.88 Å². The highest BCUT2D eigenvalue weighted by Gasteiger charge is 2.47. The van der Waals surface area contributed by atoms with Crippen molar-refractivity contribution in [2.75, 3.05) is 32.1 Å². The lowest BCUT2D eigenvalue weighted by atomic mass is 9.79. The maximum Gasteiger partial charge on any atom is 0.220 e. The Bertz CT molecular complexity index is 1920. The number of hydrogen-bond acceptors (Lipinski definition) is 8. The standard InChI is InChI=1S/C34H32ClN7O2/c1-20-23(7-5-10-26(20)40-32-31-28(11-6-14-36-31)38-21(2)39-32)24-8-4-9-25(30(24)35)27-13-12-22(33(41-27)44-3)16-42-18-34(19-42)15-29(43)37-17-34/h4-14H,15-19H2,1-3H3,(H,37,43)(H,38,39,40). The number of aromatic nitrogens is 4. The van der Waals surface area contributed by atoms with Crippen LogP contribution in [0.4, 0.5) is 11.5 Å². The molecule has 2 saturated heterocycles. The van der Waals surface area contributed by atoms with Gasteiger partial charge in [-0.05, 0) is 49.2 Å². The van der Waals surface area contributed by atoms with Gasteiger partial charge in [0, 0.05) is 66.6 Å². The maximum atomic E-state index is 11.7. The van der Waals surface area contributed by atoms with Crippen LogP contribution < -0.4 is 15.4 Å². The van der Waals surface area contributed by atoms with E-state index in [4.69, 9.17) is 21.3 Å². The highest BCUT2D eigenvalue weighted by Crippen LogP contribution is 2.41. The molecule has 0 unspecified atom stereocenters. The van der Waals surface area contributed by atoms with Gasteiger partial charge in [0.2, 0.25) is 11.8 Å². The number of pyridine rings is 2. The van der Waals surface area contributed by atoms with Crippen LogP contribution in [0.25, 0.3) is 33.4 Å². The topological polar surface area (TPSA) is 105 Å². The minimum Gasteiger partial charge on any atom is -0.481 e. The van der Waals surface area contributed by atoms with Gasteiger partial charge >= 0.3 is 0 Å². The molecule has 0 atom stereocenters. The Morgan fingerprint density at radius 3 is 2.57 bits per heavy atom. The number of fused-ring (bicyclic) bond motifs is 1. The zero-order chi connectivity index (χ0) is 30.4. The van der Waals surface area contributed by atoms with E-state index in [2.05, 4.69) is 49.5 Å². The summed E-state index contributed by atoms with van der Waals surface area (Å²) < 4.78 is 5.73. The molecule has 0 saturated carbocycles. The number of hydrogen-bond donors (Lipinski definition) is 2. The van der Waals surface area contributed by atoms with Gasteiger partial charge in [-0.25, -0.2) is 15.0 Å². The SMILES string of the molecule is COc1nc(-c2cccc(-c3cccc(Nc4nc(C)nc5cccnc45)c3C)c2Cl)ccc1CN1CC2(CNC(=O)C2)C1. The van der Waals surface area contributed by atoms with Crippen molar-refractivity contribution in [1.82, 2.24) is 30.2 Å². The second-order valence-electron chi connectivity index (χ2n) is 11.7. The molecule has 2 aliphatic rings. The van der Waals surface area contributed by atoms with Crippen LogP contribution in [0, 0.1) is 19.3 Å². The van der Waals surface area contributed by atoms with Crippen molar-refractivity contribution in [3.63, 3.8) is 0 Å². The molecule has 1 amide bonds. The number of likely N-dealkylation sites (tertiary alicyclic amines) is 1. The molecule has 2 fully saturated rings. The van der Waals surface area contributed by atoms with Crippen molar-refractivity contribution in [1.29, 1.82) is 0 Å². The van der Waals surface area contributed by atoms with E-state index in [1.807, 2.05) is 55.5 Å². The third-order valence-electron chi connectivity index (χ3n) is 8.56. The Labute approximate surface area is 260 Å². The Kier molecular flexibility index (Phi) is 7.14. The molecule has 3 aromatic heterocycles. The van der Waals surface area contributed by atoms with Crippen LogP contribution in [0.3, 0.4) is 0 Å². The first-order valence-electron chi connectivity index (χ1n) is 14.6. The Morgan fingerprint density at radius 2 is 1.77 bits per heavy atom. The van der Waals surface area contributed by atoms with E-state index < -0.39 is 0 Å². The highest BCUT2D eigenvalue weighted by molar-refractivity contribution is 6.36. The first-order valence-corrected chi connectivity index (χ1v) is 15.0. The van der Waals surface area contributed by atoms with E-state index in [1.54, 1.807) is 13.3 Å². The molecule has 1 spiro atoms. The predicted molar refractivity (Wildman–Crippen MR) is 172 cm³/mol. The van der Waals surface area contributed by atoms with Crippen molar-refractivity contribution >= 4 is 40.0 Å². The number of anilines is 2. The van der Waals surface area contributed by atoms with Gasteiger partial charge in [0.1, 0.15) is 11.3 Å². The molecule has 2 N–H and O–H groups in total. The van der Waals surface area contributed by atoms with Crippen molar-refractivity contribution in [2.45, 2.75) is 26.8 Å². The molecule has 2 aliphatic heterocycles.